The molecule has 0 heterocycles. The molecule has 0 spiro atoms. The van der Waals surface area contributed by atoms with Gasteiger partial charge in [-0.2, -0.15) is 0 Å². The predicted molar refractivity (Wildman–Crippen MR) is 500 cm³/mol. The largest absolute Gasteiger partial charge is 0.311 e. The molecule has 116 heavy (non-hydrogen) atoms. The summed E-state index contributed by atoms with van der Waals surface area (Å²) in [6, 6.07) is 88.5. The Balaban J connectivity index is 0.708. The van der Waals surface area contributed by atoms with Crippen LogP contribution >= 0.6 is 0 Å². The minimum absolute atomic E-state index is 0.0292. The van der Waals surface area contributed by atoms with Crippen LogP contribution in [0.3, 0.4) is 0 Å². The molecule has 1 atom stereocenters. The van der Waals surface area contributed by atoms with E-state index in [0.29, 0.717) is 5.92 Å². The van der Waals surface area contributed by atoms with Crippen LogP contribution in [0.1, 0.15) is 303 Å². The molecule has 0 amide bonds. The van der Waals surface area contributed by atoms with Crippen LogP contribution in [0.25, 0.3) is 66.8 Å². The number of allylic oxidation sites excluding steroid dienone is 2. The lowest BCUT2D eigenvalue weighted by Crippen LogP contribution is -2.26. The summed E-state index contributed by atoms with van der Waals surface area (Å²) in [6.45, 7) is 22.6. The summed E-state index contributed by atoms with van der Waals surface area (Å²) in [5.41, 5.74) is 42.5. The van der Waals surface area contributed by atoms with E-state index in [1.54, 1.807) is 44.5 Å². The molecule has 0 fully saturated rings. The Morgan fingerprint density at radius 3 is 0.940 bits per heavy atom. The van der Waals surface area contributed by atoms with Gasteiger partial charge in [0.25, 0.3) is 0 Å². The van der Waals surface area contributed by atoms with E-state index in [4.69, 9.17) is 0 Å². The Kier molecular flexibility index (Phi) is 25.5. The lowest BCUT2D eigenvalue weighted by Gasteiger charge is -2.34. The Hall–Kier alpha value is -9.30. The number of benzene rings is 11. The van der Waals surface area contributed by atoms with Crippen LogP contribution < -0.4 is 4.90 Å². The lowest BCUT2D eigenvalue weighted by atomic mass is 9.69. The predicted octanol–water partition coefficient (Wildman–Crippen LogP) is 33.1. The molecule has 0 aliphatic heterocycles. The standard InChI is InChI=1S/C115H131N/c1-9-14-18-20-22-30-70-113(71-31-23-21-19-15-10-2)107-74-82(6)36-62-101(107)103-64-52-94(78-109(103)113)90-48-58-99(59-49-90)116(98-56-46-87(47-57-98)84(8)13-5)100-60-50-91(51-61-100)95-53-65-105-106-67-55-97(81-112(106)115(110(105)79-95,68-28-16-11-3)69-29-17-12-4)96-54-66-104-102-63-37-83(7)75-108(102)114(111(104)80-96,72-32-24-26-34-85-38-40-88-42-44-92(88)76-85)73-33-25-27-35-86-39-41-89-43-45-93(89)77-86/h11-12,36-41,46-67,74-81,84H,3-4,9-10,13-35,42-45,68-73H2,1-2,5-8H3. The molecule has 0 radical (unpaired) electrons. The van der Waals surface area contributed by atoms with Crippen LogP contribution in [0, 0.1) is 13.8 Å². The molecule has 1 nitrogen and oxygen atoms in total. The van der Waals surface area contributed by atoms with Crippen molar-refractivity contribution in [1.29, 1.82) is 0 Å². The molecule has 1 unspecified atom stereocenters. The molecule has 0 saturated carbocycles. The second kappa shape index (κ2) is 36.7. The van der Waals surface area contributed by atoms with Crippen molar-refractivity contribution in [2.75, 3.05) is 4.90 Å². The Labute approximate surface area is 699 Å². The van der Waals surface area contributed by atoms with E-state index in [1.165, 1.54) is 291 Å². The quantitative estimate of drug-likeness (QED) is 0.0272. The zero-order valence-corrected chi connectivity index (χ0v) is 71.6. The maximum atomic E-state index is 4.30. The van der Waals surface area contributed by atoms with Crippen molar-refractivity contribution in [1.82, 2.24) is 0 Å². The van der Waals surface area contributed by atoms with Gasteiger partial charge in [-0.1, -0.05) is 311 Å². The molecule has 0 bridgehead atoms. The van der Waals surface area contributed by atoms with Gasteiger partial charge in [-0.3, -0.25) is 0 Å². The lowest BCUT2D eigenvalue weighted by molar-refractivity contribution is 0.398. The van der Waals surface area contributed by atoms with Gasteiger partial charge in [0.15, 0.2) is 0 Å². The molecule has 5 aliphatic carbocycles. The molecule has 0 aromatic heterocycles. The van der Waals surface area contributed by atoms with Gasteiger partial charge in [0, 0.05) is 33.3 Å². The van der Waals surface area contributed by atoms with Gasteiger partial charge in [-0.05, 0) is 342 Å². The van der Waals surface area contributed by atoms with Crippen molar-refractivity contribution in [3.63, 3.8) is 0 Å². The summed E-state index contributed by atoms with van der Waals surface area (Å²) >= 11 is 0. The molecule has 16 rings (SSSR count). The van der Waals surface area contributed by atoms with Crippen molar-refractivity contribution >= 4 is 17.1 Å². The molecule has 11 aromatic carbocycles. The van der Waals surface area contributed by atoms with Crippen LogP contribution in [0.2, 0.25) is 0 Å². The zero-order chi connectivity index (χ0) is 79.6. The molecule has 596 valence electrons. The summed E-state index contributed by atoms with van der Waals surface area (Å²) in [4.78, 5) is 2.48. The van der Waals surface area contributed by atoms with Crippen molar-refractivity contribution in [2.24, 2.45) is 0 Å². The molecule has 1 heteroatoms. The van der Waals surface area contributed by atoms with Crippen LogP contribution in [0.5, 0.6) is 0 Å². The fraction of sp³-hybridized carbons (Fsp3) is 0.391. The summed E-state index contributed by atoms with van der Waals surface area (Å²) in [5, 5.41) is 0. The first kappa shape index (κ1) is 80.5. The Morgan fingerprint density at radius 1 is 0.302 bits per heavy atom. The Morgan fingerprint density at radius 2 is 0.603 bits per heavy atom. The first-order valence-corrected chi connectivity index (χ1v) is 46.3. The topological polar surface area (TPSA) is 3.24 Å². The first-order valence-electron chi connectivity index (χ1n) is 46.3. The van der Waals surface area contributed by atoms with Gasteiger partial charge in [0.05, 0.1) is 0 Å². The van der Waals surface area contributed by atoms with E-state index in [0.717, 1.165) is 56.3 Å². The average molecular weight is 1530 g/mol. The van der Waals surface area contributed by atoms with Crippen molar-refractivity contribution in [3.05, 3.63) is 327 Å². The summed E-state index contributed by atoms with van der Waals surface area (Å²) < 4.78 is 0. The van der Waals surface area contributed by atoms with Crippen LogP contribution in [0.4, 0.5) is 17.1 Å². The minimum atomic E-state index is -0.184. The van der Waals surface area contributed by atoms with Crippen molar-refractivity contribution in [3.8, 4) is 66.8 Å². The molecular weight excluding hydrogens is 1400 g/mol. The van der Waals surface area contributed by atoms with E-state index >= 15 is 0 Å². The van der Waals surface area contributed by atoms with Gasteiger partial charge in [0.2, 0.25) is 0 Å². The number of hydrogen-bond donors (Lipinski definition) is 0. The smallest absolute Gasteiger partial charge is 0.0462 e. The minimum Gasteiger partial charge on any atom is -0.311 e. The van der Waals surface area contributed by atoms with Gasteiger partial charge in [-0.25, -0.2) is 0 Å². The second-order valence-corrected chi connectivity index (χ2v) is 36.4. The number of anilines is 3. The normalized spacial score (nSPS) is 14.6. The summed E-state index contributed by atoms with van der Waals surface area (Å²) in [6.07, 6.45) is 47.1. The number of hydrogen-bond acceptors (Lipinski definition) is 1. The van der Waals surface area contributed by atoms with E-state index in [1.807, 2.05) is 0 Å². The maximum absolute atomic E-state index is 4.30. The van der Waals surface area contributed by atoms with E-state index in [-0.39, 0.29) is 16.2 Å². The average Bonchev–Trinajstić information content (AvgIpc) is 1.57. The SMILES string of the molecule is C=CCCCC1(CCCC=C)c2cc(-c3ccc(N(c4ccc(-c5ccc6c(c5)C(CCCCCCCC)(CCCCCCCC)c5cc(C)ccc5-6)cc4)c4ccc(C(C)CC)cc4)cc3)ccc2-c2ccc(-c3ccc4c(c3)C(CCCCCc3ccc5c(c3)CC5)(CCCCCc3ccc5c(c3)CC5)c3cc(C)ccc3-4)cc21. The molecule has 0 N–H and O–H groups in total. The van der Waals surface area contributed by atoms with Crippen LogP contribution in [-0.4, -0.2) is 0 Å². The van der Waals surface area contributed by atoms with Crippen molar-refractivity contribution in [2.45, 2.75) is 288 Å². The Bertz CT molecular complexity index is 5150. The van der Waals surface area contributed by atoms with Gasteiger partial charge < -0.3 is 4.90 Å². The molecule has 11 aromatic rings. The van der Waals surface area contributed by atoms with Crippen LogP contribution in [-0.2, 0) is 54.8 Å². The van der Waals surface area contributed by atoms with E-state index in [9.17, 15) is 0 Å². The van der Waals surface area contributed by atoms with Gasteiger partial charge in [0.1, 0.15) is 0 Å². The third kappa shape index (κ3) is 16.6. The molecular formula is C115H131N. The van der Waals surface area contributed by atoms with E-state index in [2.05, 4.69) is 290 Å². The summed E-state index contributed by atoms with van der Waals surface area (Å²) in [7, 11) is 0. The van der Waals surface area contributed by atoms with E-state index < -0.39 is 0 Å². The number of unbranched alkanes of at least 4 members (excludes halogenated alkanes) is 16. The number of nitrogens with zero attached hydrogens (tertiary/aromatic N) is 1. The zero-order valence-electron chi connectivity index (χ0n) is 71.6. The monoisotopic (exact) mass is 1530 g/mol. The highest BCUT2D eigenvalue weighted by molar-refractivity contribution is 5.90. The highest BCUT2D eigenvalue weighted by Gasteiger charge is 2.46. The molecule has 5 aliphatic rings. The maximum Gasteiger partial charge on any atom is 0.0462 e. The first-order chi connectivity index (χ1) is 56.9. The fourth-order valence-electron chi connectivity index (χ4n) is 21.8. The molecule has 0 saturated heterocycles. The number of fused-ring (bicyclic) bond motifs is 11. The van der Waals surface area contributed by atoms with Gasteiger partial charge >= 0.3 is 0 Å². The third-order valence-electron chi connectivity index (χ3n) is 28.9. The number of rotatable bonds is 42. The van der Waals surface area contributed by atoms with Crippen LogP contribution in [0.15, 0.2) is 244 Å². The third-order valence-corrected chi connectivity index (χ3v) is 28.9. The fourth-order valence-corrected chi connectivity index (χ4v) is 21.8. The van der Waals surface area contributed by atoms with Crippen molar-refractivity contribution < 1.29 is 0 Å². The number of aryl methyl sites for hydroxylation is 8. The van der Waals surface area contributed by atoms with Gasteiger partial charge in [-0.15, -0.1) is 13.2 Å². The highest BCUT2D eigenvalue weighted by Crippen LogP contribution is 2.60. The second-order valence-electron chi connectivity index (χ2n) is 36.4. The summed E-state index contributed by atoms with van der Waals surface area (Å²) in [5.74, 6) is 0.493. The highest BCUT2D eigenvalue weighted by atomic mass is 15.1.